The lowest BCUT2D eigenvalue weighted by molar-refractivity contribution is -0.156. The van der Waals surface area contributed by atoms with Gasteiger partial charge in [-0.05, 0) is 32.6 Å². The van der Waals surface area contributed by atoms with Crippen LogP contribution < -0.4 is 0 Å². The quantitative estimate of drug-likeness (QED) is 0.537. The molecule has 16 heavy (non-hydrogen) atoms. The molecule has 0 radical (unpaired) electrons. The predicted molar refractivity (Wildman–Crippen MR) is 66.2 cm³/mol. The highest BCUT2D eigenvalue weighted by atomic mass is 16.6. The molecule has 1 aliphatic carbocycles. The van der Waals surface area contributed by atoms with Crippen molar-refractivity contribution in [1.29, 1.82) is 0 Å². The summed E-state index contributed by atoms with van der Waals surface area (Å²) >= 11 is 0. The number of hydrogen-bond acceptors (Lipinski definition) is 2. The summed E-state index contributed by atoms with van der Waals surface area (Å²) in [7, 11) is 0. The van der Waals surface area contributed by atoms with Gasteiger partial charge in [0, 0.05) is 6.08 Å². The lowest BCUT2D eigenvalue weighted by Crippen LogP contribution is -2.36. The largest absolute Gasteiger partial charge is 0.456 e. The van der Waals surface area contributed by atoms with E-state index in [1.807, 2.05) is 13.8 Å². The Morgan fingerprint density at radius 3 is 2.19 bits per heavy atom. The molecular formula is C14H24O2. The Morgan fingerprint density at radius 1 is 1.19 bits per heavy atom. The number of ether oxygens (including phenoxy) is 1. The van der Waals surface area contributed by atoms with Gasteiger partial charge in [-0.15, -0.1) is 0 Å². The molecule has 92 valence electrons. The fraction of sp³-hybridized carbons (Fsp3) is 0.786. The van der Waals surface area contributed by atoms with Gasteiger partial charge in [-0.25, -0.2) is 4.79 Å². The van der Waals surface area contributed by atoms with Crippen LogP contribution in [0.2, 0.25) is 0 Å². The van der Waals surface area contributed by atoms with Crippen molar-refractivity contribution in [2.24, 2.45) is 5.92 Å². The van der Waals surface area contributed by atoms with Crippen LogP contribution in [0.1, 0.15) is 58.8 Å². The fourth-order valence-corrected chi connectivity index (χ4v) is 2.54. The molecule has 0 aromatic carbocycles. The van der Waals surface area contributed by atoms with E-state index in [2.05, 4.69) is 6.58 Å². The van der Waals surface area contributed by atoms with Crippen LogP contribution in [-0.2, 0) is 9.53 Å². The number of carbonyl (C=O) groups excluding carboxylic acids is 1. The van der Waals surface area contributed by atoms with Gasteiger partial charge in [0.25, 0.3) is 0 Å². The van der Waals surface area contributed by atoms with Crippen molar-refractivity contribution >= 4 is 5.97 Å². The number of rotatable bonds is 3. The van der Waals surface area contributed by atoms with Crippen LogP contribution in [0.15, 0.2) is 12.7 Å². The minimum Gasteiger partial charge on any atom is -0.456 e. The van der Waals surface area contributed by atoms with Crippen LogP contribution in [0, 0.1) is 5.92 Å². The zero-order chi connectivity index (χ0) is 12.0. The van der Waals surface area contributed by atoms with Gasteiger partial charge in [0.1, 0.15) is 5.60 Å². The first kappa shape index (κ1) is 13.3. The van der Waals surface area contributed by atoms with Crippen LogP contribution in [0.3, 0.4) is 0 Å². The van der Waals surface area contributed by atoms with E-state index < -0.39 is 0 Å². The van der Waals surface area contributed by atoms with Gasteiger partial charge in [0.2, 0.25) is 0 Å². The molecule has 1 rings (SSSR count). The van der Waals surface area contributed by atoms with Crippen LogP contribution in [0.5, 0.6) is 0 Å². The van der Waals surface area contributed by atoms with E-state index in [1.165, 1.54) is 51.0 Å². The minimum absolute atomic E-state index is 0.299. The molecule has 0 amide bonds. The Labute approximate surface area is 99.1 Å². The molecule has 0 N–H and O–H groups in total. The Bertz CT molecular complexity index is 235. The topological polar surface area (TPSA) is 26.3 Å². The summed E-state index contributed by atoms with van der Waals surface area (Å²) in [6.45, 7) is 7.51. The van der Waals surface area contributed by atoms with E-state index in [0.29, 0.717) is 5.92 Å². The summed E-state index contributed by atoms with van der Waals surface area (Å²) in [4.78, 5) is 11.3. The summed E-state index contributed by atoms with van der Waals surface area (Å²) in [5.41, 5.74) is -0.345. The average molecular weight is 224 g/mol. The van der Waals surface area contributed by atoms with E-state index in [4.69, 9.17) is 4.74 Å². The van der Waals surface area contributed by atoms with Gasteiger partial charge in [-0.2, -0.15) is 0 Å². The van der Waals surface area contributed by atoms with Gasteiger partial charge >= 0.3 is 5.97 Å². The second kappa shape index (κ2) is 6.07. The van der Waals surface area contributed by atoms with E-state index in [0.717, 1.165) is 0 Å². The maximum Gasteiger partial charge on any atom is 0.330 e. The molecule has 0 bridgehead atoms. The highest BCUT2D eigenvalue weighted by molar-refractivity contribution is 5.81. The predicted octanol–water partition coefficient (Wildman–Crippen LogP) is 3.85. The summed E-state index contributed by atoms with van der Waals surface area (Å²) < 4.78 is 5.47. The molecule has 0 unspecified atom stereocenters. The molecule has 2 nitrogen and oxygen atoms in total. The summed E-state index contributed by atoms with van der Waals surface area (Å²) in [6.07, 6.45) is 10.1. The van der Waals surface area contributed by atoms with Crippen LogP contribution in [0.25, 0.3) is 0 Å². The summed E-state index contributed by atoms with van der Waals surface area (Å²) in [6, 6.07) is 0. The normalized spacial score (nSPS) is 19.6. The zero-order valence-electron chi connectivity index (χ0n) is 10.6. The summed E-state index contributed by atoms with van der Waals surface area (Å²) in [5.74, 6) is 0.198. The van der Waals surface area contributed by atoms with Crippen LogP contribution in [-0.4, -0.2) is 11.6 Å². The third-order valence-corrected chi connectivity index (χ3v) is 3.62. The van der Waals surface area contributed by atoms with E-state index >= 15 is 0 Å². The molecule has 0 saturated heterocycles. The summed E-state index contributed by atoms with van der Waals surface area (Å²) in [5, 5.41) is 0. The Kier molecular flexibility index (Phi) is 5.04. The molecule has 2 heteroatoms. The van der Waals surface area contributed by atoms with Crippen molar-refractivity contribution in [1.82, 2.24) is 0 Å². The zero-order valence-corrected chi connectivity index (χ0v) is 10.6. The smallest absolute Gasteiger partial charge is 0.330 e. The SMILES string of the molecule is C=CC(=O)OC(C)(C)C1CCCCCCC1. The lowest BCUT2D eigenvalue weighted by Gasteiger charge is -2.34. The molecule has 1 aliphatic rings. The van der Waals surface area contributed by atoms with Gasteiger partial charge in [-0.3, -0.25) is 0 Å². The van der Waals surface area contributed by atoms with Crippen molar-refractivity contribution in [3.8, 4) is 0 Å². The molecular weight excluding hydrogens is 200 g/mol. The first-order valence-electron chi connectivity index (χ1n) is 6.41. The van der Waals surface area contributed by atoms with Gasteiger partial charge < -0.3 is 4.74 Å². The fourth-order valence-electron chi connectivity index (χ4n) is 2.54. The van der Waals surface area contributed by atoms with Crippen molar-refractivity contribution in [3.63, 3.8) is 0 Å². The monoisotopic (exact) mass is 224 g/mol. The second-order valence-corrected chi connectivity index (χ2v) is 5.27. The number of carbonyl (C=O) groups is 1. The Morgan fingerprint density at radius 2 is 1.69 bits per heavy atom. The van der Waals surface area contributed by atoms with Crippen LogP contribution in [0.4, 0.5) is 0 Å². The Balaban J connectivity index is 2.56. The maximum absolute atomic E-state index is 11.3. The van der Waals surface area contributed by atoms with Gasteiger partial charge in [-0.1, -0.05) is 38.7 Å². The highest BCUT2D eigenvalue weighted by Gasteiger charge is 2.32. The molecule has 0 heterocycles. The van der Waals surface area contributed by atoms with Gasteiger partial charge in [0.05, 0.1) is 0 Å². The van der Waals surface area contributed by atoms with Crippen molar-refractivity contribution in [2.45, 2.75) is 64.4 Å². The standard InChI is InChI=1S/C14H24O2/c1-4-13(15)16-14(2,3)12-10-8-6-5-7-9-11-12/h4,12H,1,5-11H2,2-3H3. The molecule has 0 aromatic rings. The second-order valence-electron chi connectivity index (χ2n) is 5.27. The lowest BCUT2D eigenvalue weighted by atomic mass is 9.80. The molecule has 0 aliphatic heterocycles. The van der Waals surface area contributed by atoms with Crippen molar-refractivity contribution < 1.29 is 9.53 Å². The van der Waals surface area contributed by atoms with E-state index in [-0.39, 0.29) is 11.6 Å². The van der Waals surface area contributed by atoms with E-state index in [1.54, 1.807) is 0 Å². The molecule has 0 aromatic heterocycles. The molecule has 0 spiro atoms. The maximum atomic E-state index is 11.3. The molecule has 0 atom stereocenters. The van der Waals surface area contributed by atoms with E-state index in [9.17, 15) is 4.79 Å². The minimum atomic E-state index is -0.345. The first-order valence-corrected chi connectivity index (χ1v) is 6.41. The number of esters is 1. The first-order chi connectivity index (χ1) is 7.56. The number of hydrogen-bond donors (Lipinski definition) is 0. The molecule has 1 saturated carbocycles. The third-order valence-electron chi connectivity index (χ3n) is 3.62. The Hall–Kier alpha value is -0.790. The third kappa shape index (κ3) is 3.99. The van der Waals surface area contributed by atoms with Crippen molar-refractivity contribution in [2.75, 3.05) is 0 Å². The van der Waals surface area contributed by atoms with Crippen LogP contribution >= 0.6 is 0 Å². The van der Waals surface area contributed by atoms with Crippen molar-refractivity contribution in [3.05, 3.63) is 12.7 Å². The molecule has 1 fully saturated rings. The average Bonchev–Trinajstić information content (AvgIpc) is 2.15. The highest BCUT2D eigenvalue weighted by Crippen LogP contribution is 2.33. The van der Waals surface area contributed by atoms with Gasteiger partial charge in [0.15, 0.2) is 0 Å².